The van der Waals surface area contributed by atoms with Crippen molar-refractivity contribution >= 4 is 11.6 Å². The minimum absolute atomic E-state index is 0.126. The summed E-state index contributed by atoms with van der Waals surface area (Å²) >= 11 is 0. The lowest BCUT2D eigenvalue weighted by atomic mass is 9.87. The Morgan fingerprint density at radius 3 is 2.47 bits per heavy atom. The molecule has 0 saturated heterocycles. The Labute approximate surface area is 103 Å². The molecule has 0 fully saturated rings. The number of nitrogens with one attached hydrogen (secondary N) is 1. The third-order valence-electron chi connectivity index (χ3n) is 2.87. The molecule has 0 heterocycles. The molecule has 0 bridgehead atoms. The maximum absolute atomic E-state index is 12.0. The zero-order valence-corrected chi connectivity index (χ0v) is 11.1. The van der Waals surface area contributed by atoms with Crippen LogP contribution >= 0.6 is 0 Å². The van der Waals surface area contributed by atoms with E-state index in [0.29, 0.717) is 0 Å². The van der Waals surface area contributed by atoms with Gasteiger partial charge in [-0.3, -0.25) is 4.79 Å². The Morgan fingerprint density at radius 1 is 1.35 bits per heavy atom. The van der Waals surface area contributed by atoms with Gasteiger partial charge in [-0.25, -0.2) is 0 Å². The Bertz CT molecular complexity index is 393. The average molecular weight is 234 g/mol. The molecule has 0 aromatic heterocycles. The van der Waals surface area contributed by atoms with Gasteiger partial charge in [0.2, 0.25) is 5.91 Å². The molecule has 0 saturated carbocycles. The molecule has 1 amide bonds. The number of hydrogen-bond acceptors (Lipinski definition) is 2. The predicted octanol–water partition coefficient (Wildman–Crippen LogP) is 2.56. The molecule has 1 aromatic rings. The molecule has 0 radical (unpaired) electrons. The maximum atomic E-state index is 12.0. The van der Waals surface area contributed by atoms with Crippen LogP contribution in [0, 0.1) is 5.41 Å². The molecule has 1 rings (SSSR count). The molecule has 1 unspecified atom stereocenters. The van der Waals surface area contributed by atoms with Crippen molar-refractivity contribution in [1.29, 1.82) is 0 Å². The van der Waals surface area contributed by atoms with E-state index in [1.807, 2.05) is 45.0 Å². The number of amides is 1. The highest BCUT2D eigenvalue weighted by molar-refractivity contribution is 5.95. The van der Waals surface area contributed by atoms with Gasteiger partial charge in [0.15, 0.2) is 0 Å². The quantitative estimate of drug-likeness (QED) is 0.844. The van der Waals surface area contributed by atoms with Crippen LogP contribution < -0.4 is 11.1 Å². The van der Waals surface area contributed by atoms with Crippen molar-refractivity contribution in [2.45, 2.75) is 40.2 Å². The first-order chi connectivity index (χ1) is 7.86. The van der Waals surface area contributed by atoms with E-state index in [0.717, 1.165) is 17.7 Å². The predicted molar refractivity (Wildman–Crippen MR) is 71.9 cm³/mol. The Hall–Kier alpha value is -1.35. The normalized spacial score (nSPS) is 13.2. The van der Waals surface area contributed by atoms with Gasteiger partial charge in [-0.2, -0.15) is 0 Å². The zero-order valence-electron chi connectivity index (χ0n) is 11.1. The minimum atomic E-state index is -0.507. The van der Waals surface area contributed by atoms with Gasteiger partial charge < -0.3 is 11.1 Å². The van der Waals surface area contributed by atoms with Gasteiger partial charge in [-0.05, 0) is 23.5 Å². The summed E-state index contributed by atoms with van der Waals surface area (Å²) in [7, 11) is 0. The lowest BCUT2D eigenvalue weighted by molar-refractivity contribution is -0.119. The third kappa shape index (κ3) is 3.56. The van der Waals surface area contributed by atoms with Gasteiger partial charge in [0, 0.05) is 5.69 Å². The van der Waals surface area contributed by atoms with E-state index in [9.17, 15) is 4.79 Å². The van der Waals surface area contributed by atoms with Crippen molar-refractivity contribution in [3.63, 3.8) is 0 Å². The number of aryl methyl sites for hydroxylation is 1. The first-order valence-electron chi connectivity index (χ1n) is 6.00. The molecule has 3 N–H and O–H groups in total. The van der Waals surface area contributed by atoms with Crippen LogP contribution in [0.4, 0.5) is 5.69 Å². The average Bonchev–Trinajstić information content (AvgIpc) is 2.27. The summed E-state index contributed by atoms with van der Waals surface area (Å²) in [6.45, 7) is 7.95. The summed E-state index contributed by atoms with van der Waals surface area (Å²) in [6.07, 6.45) is 0.890. The molecule has 3 heteroatoms. The van der Waals surface area contributed by atoms with Crippen molar-refractivity contribution in [2.75, 3.05) is 5.32 Å². The van der Waals surface area contributed by atoms with E-state index in [1.165, 1.54) is 0 Å². The number of rotatable bonds is 3. The monoisotopic (exact) mass is 234 g/mol. The van der Waals surface area contributed by atoms with Crippen LogP contribution in [-0.4, -0.2) is 11.9 Å². The lowest BCUT2D eigenvalue weighted by Gasteiger charge is -2.26. The van der Waals surface area contributed by atoms with E-state index in [4.69, 9.17) is 5.73 Å². The van der Waals surface area contributed by atoms with Crippen LogP contribution in [-0.2, 0) is 11.2 Å². The van der Waals surface area contributed by atoms with Crippen molar-refractivity contribution in [3.05, 3.63) is 29.8 Å². The second-order valence-electron chi connectivity index (χ2n) is 5.34. The van der Waals surface area contributed by atoms with Crippen molar-refractivity contribution in [2.24, 2.45) is 11.1 Å². The van der Waals surface area contributed by atoms with Gasteiger partial charge in [-0.15, -0.1) is 0 Å². The summed E-state index contributed by atoms with van der Waals surface area (Å²) < 4.78 is 0. The molecule has 94 valence electrons. The highest BCUT2D eigenvalue weighted by atomic mass is 16.2. The van der Waals surface area contributed by atoms with E-state index in [-0.39, 0.29) is 11.3 Å². The molecule has 0 spiro atoms. The van der Waals surface area contributed by atoms with Gasteiger partial charge in [0.1, 0.15) is 0 Å². The van der Waals surface area contributed by atoms with Crippen molar-refractivity contribution < 1.29 is 4.79 Å². The van der Waals surface area contributed by atoms with Gasteiger partial charge in [0.25, 0.3) is 0 Å². The highest BCUT2D eigenvalue weighted by Gasteiger charge is 2.27. The summed E-state index contributed by atoms with van der Waals surface area (Å²) in [5, 5.41) is 2.90. The SMILES string of the molecule is CCc1ccccc1NC(=O)C(N)C(C)(C)C. The van der Waals surface area contributed by atoms with Crippen molar-refractivity contribution in [1.82, 2.24) is 0 Å². The molecule has 0 aliphatic rings. The molecule has 3 nitrogen and oxygen atoms in total. The van der Waals surface area contributed by atoms with Gasteiger partial charge in [0.05, 0.1) is 6.04 Å². The summed E-state index contributed by atoms with van der Waals surface area (Å²) in [6, 6.07) is 7.30. The fourth-order valence-electron chi connectivity index (χ4n) is 1.55. The lowest BCUT2D eigenvalue weighted by Crippen LogP contribution is -2.45. The van der Waals surface area contributed by atoms with Crippen LogP contribution in [0.25, 0.3) is 0 Å². The number of hydrogen-bond donors (Lipinski definition) is 2. The standard InChI is InChI=1S/C14H22N2O/c1-5-10-8-6-7-9-11(10)16-13(17)12(15)14(2,3)4/h6-9,12H,5,15H2,1-4H3,(H,16,17). The molecular weight excluding hydrogens is 212 g/mol. The zero-order chi connectivity index (χ0) is 13.1. The van der Waals surface area contributed by atoms with Crippen LogP contribution in [0.5, 0.6) is 0 Å². The maximum Gasteiger partial charge on any atom is 0.241 e. The summed E-state index contributed by atoms with van der Waals surface area (Å²) in [5.74, 6) is -0.126. The van der Waals surface area contributed by atoms with Crippen LogP contribution in [0.1, 0.15) is 33.3 Å². The number of nitrogens with two attached hydrogens (primary N) is 1. The van der Waals surface area contributed by atoms with E-state index in [1.54, 1.807) is 0 Å². The fraction of sp³-hybridized carbons (Fsp3) is 0.500. The first-order valence-corrected chi connectivity index (χ1v) is 6.00. The molecule has 0 aliphatic heterocycles. The number of carbonyl (C=O) groups is 1. The van der Waals surface area contributed by atoms with E-state index >= 15 is 0 Å². The van der Waals surface area contributed by atoms with E-state index in [2.05, 4.69) is 12.2 Å². The molecule has 17 heavy (non-hydrogen) atoms. The third-order valence-corrected chi connectivity index (χ3v) is 2.87. The Kier molecular flexibility index (Phi) is 4.29. The summed E-state index contributed by atoms with van der Waals surface area (Å²) in [4.78, 5) is 12.0. The highest BCUT2D eigenvalue weighted by Crippen LogP contribution is 2.20. The number of benzene rings is 1. The number of anilines is 1. The minimum Gasteiger partial charge on any atom is -0.324 e. The van der Waals surface area contributed by atoms with Gasteiger partial charge >= 0.3 is 0 Å². The Balaban J connectivity index is 2.81. The molecular formula is C14H22N2O. The van der Waals surface area contributed by atoms with Gasteiger partial charge in [-0.1, -0.05) is 45.9 Å². The summed E-state index contributed by atoms with van der Waals surface area (Å²) in [5.41, 5.74) is 7.68. The van der Waals surface area contributed by atoms with Crippen LogP contribution in [0.3, 0.4) is 0 Å². The van der Waals surface area contributed by atoms with Crippen LogP contribution in [0.15, 0.2) is 24.3 Å². The Morgan fingerprint density at radius 2 is 1.94 bits per heavy atom. The van der Waals surface area contributed by atoms with Crippen molar-refractivity contribution in [3.8, 4) is 0 Å². The smallest absolute Gasteiger partial charge is 0.241 e. The number of carbonyl (C=O) groups excluding carboxylic acids is 1. The number of para-hydroxylation sites is 1. The second kappa shape index (κ2) is 5.32. The molecule has 1 aromatic carbocycles. The second-order valence-corrected chi connectivity index (χ2v) is 5.34. The topological polar surface area (TPSA) is 55.1 Å². The molecule has 0 aliphatic carbocycles. The fourth-order valence-corrected chi connectivity index (χ4v) is 1.55. The molecule has 1 atom stereocenters. The van der Waals surface area contributed by atoms with Crippen LogP contribution in [0.2, 0.25) is 0 Å². The largest absolute Gasteiger partial charge is 0.324 e. The van der Waals surface area contributed by atoms with E-state index < -0.39 is 6.04 Å². The first kappa shape index (κ1) is 13.7.